The van der Waals surface area contributed by atoms with Crippen molar-refractivity contribution in [2.45, 2.75) is 51.4 Å². The Morgan fingerprint density at radius 3 is 1.93 bits per heavy atom. The van der Waals surface area contributed by atoms with E-state index in [9.17, 15) is 8.42 Å². The monoisotopic (exact) mass is 233 g/mol. The van der Waals surface area contributed by atoms with Crippen LogP contribution in [0.25, 0.3) is 0 Å². The Morgan fingerprint density at radius 2 is 1.47 bits per heavy atom. The van der Waals surface area contributed by atoms with Gasteiger partial charge in [-0.2, -0.15) is 0 Å². The molecule has 1 saturated carbocycles. The number of sulfonamides is 1. The lowest BCUT2D eigenvalue weighted by Crippen LogP contribution is -2.28. The van der Waals surface area contributed by atoms with Crippen LogP contribution < -0.4 is 4.72 Å². The summed E-state index contributed by atoms with van der Waals surface area (Å²) >= 11 is 0. The first kappa shape index (κ1) is 13.0. The van der Waals surface area contributed by atoms with Crippen LogP contribution >= 0.6 is 0 Å². The van der Waals surface area contributed by atoms with Crippen LogP contribution in [0.15, 0.2) is 0 Å². The molecule has 15 heavy (non-hydrogen) atoms. The Hall–Kier alpha value is -0.0900. The summed E-state index contributed by atoms with van der Waals surface area (Å²) in [5.74, 6) is 0.554. The summed E-state index contributed by atoms with van der Waals surface area (Å²) in [6.07, 6.45) is 11.5. The third-order valence-corrected chi connectivity index (χ3v) is 3.80. The van der Waals surface area contributed by atoms with Gasteiger partial charge < -0.3 is 0 Å². The smallest absolute Gasteiger partial charge is 0.208 e. The van der Waals surface area contributed by atoms with E-state index in [1.807, 2.05) is 0 Å². The minimum Gasteiger partial charge on any atom is -0.215 e. The van der Waals surface area contributed by atoms with Gasteiger partial charge in [-0.1, -0.05) is 38.5 Å². The van der Waals surface area contributed by atoms with E-state index >= 15 is 0 Å². The molecule has 0 bridgehead atoms. The first-order valence-corrected chi connectivity index (χ1v) is 7.92. The molecule has 0 radical (unpaired) electrons. The summed E-state index contributed by atoms with van der Waals surface area (Å²) in [6, 6.07) is 0. The van der Waals surface area contributed by atoms with Gasteiger partial charge in [0.2, 0.25) is 10.0 Å². The van der Waals surface area contributed by atoms with E-state index in [0.29, 0.717) is 12.5 Å². The summed E-state index contributed by atoms with van der Waals surface area (Å²) in [5, 5.41) is 0. The molecular formula is C11H23NO2S. The second-order valence-electron chi connectivity index (χ2n) is 4.69. The quantitative estimate of drug-likeness (QED) is 0.813. The van der Waals surface area contributed by atoms with E-state index in [-0.39, 0.29) is 0 Å². The number of hydrogen-bond acceptors (Lipinski definition) is 2. The lowest BCUT2D eigenvalue weighted by Gasteiger charge is -2.15. The Bertz CT molecular complexity index is 252. The fraction of sp³-hybridized carbons (Fsp3) is 1.00. The first-order chi connectivity index (χ1) is 7.08. The second kappa shape index (κ2) is 6.48. The van der Waals surface area contributed by atoms with Gasteiger partial charge >= 0.3 is 0 Å². The molecule has 0 aromatic carbocycles. The summed E-state index contributed by atoms with van der Waals surface area (Å²) in [4.78, 5) is 0. The summed E-state index contributed by atoms with van der Waals surface area (Å²) < 4.78 is 24.6. The van der Waals surface area contributed by atoms with Crippen molar-refractivity contribution >= 4 is 10.0 Å². The largest absolute Gasteiger partial charge is 0.215 e. The number of hydrogen-bond donors (Lipinski definition) is 1. The predicted octanol–water partition coefficient (Wildman–Crippen LogP) is 2.29. The molecule has 0 amide bonds. The molecule has 0 heterocycles. The van der Waals surface area contributed by atoms with Crippen molar-refractivity contribution in [2.75, 3.05) is 12.8 Å². The minimum absolute atomic E-state index is 0.554. The molecule has 1 N–H and O–H groups in total. The van der Waals surface area contributed by atoms with Crippen LogP contribution in [-0.4, -0.2) is 21.2 Å². The fourth-order valence-corrected chi connectivity index (χ4v) is 2.73. The zero-order valence-electron chi connectivity index (χ0n) is 9.67. The molecule has 1 aliphatic rings. The molecular weight excluding hydrogens is 210 g/mol. The highest BCUT2D eigenvalue weighted by Crippen LogP contribution is 2.21. The van der Waals surface area contributed by atoms with E-state index in [1.54, 1.807) is 0 Å². The standard InChI is InChI=1S/C11H23NO2S/c1-15(13,14)12-10-11-8-6-4-2-3-5-7-9-11/h11-12H,2-10H2,1H3. The van der Waals surface area contributed by atoms with Crippen LogP contribution in [-0.2, 0) is 10.0 Å². The van der Waals surface area contributed by atoms with Gasteiger partial charge in [0, 0.05) is 6.54 Å². The van der Waals surface area contributed by atoms with Crippen LogP contribution in [0.5, 0.6) is 0 Å². The highest BCUT2D eigenvalue weighted by molar-refractivity contribution is 7.88. The normalized spacial score (nSPS) is 21.7. The molecule has 0 aromatic heterocycles. The molecule has 0 aliphatic heterocycles. The van der Waals surface area contributed by atoms with Gasteiger partial charge in [-0.05, 0) is 18.8 Å². The van der Waals surface area contributed by atoms with Crippen molar-refractivity contribution in [3.8, 4) is 0 Å². The molecule has 90 valence electrons. The molecule has 4 heteroatoms. The van der Waals surface area contributed by atoms with Crippen molar-refractivity contribution in [3.63, 3.8) is 0 Å². The van der Waals surface area contributed by atoms with Gasteiger partial charge in [0.1, 0.15) is 0 Å². The Kier molecular flexibility index (Phi) is 5.61. The maximum Gasteiger partial charge on any atom is 0.208 e. The third kappa shape index (κ3) is 6.90. The van der Waals surface area contributed by atoms with Gasteiger partial charge in [-0.15, -0.1) is 0 Å². The molecule has 0 aromatic rings. The first-order valence-electron chi connectivity index (χ1n) is 6.02. The molecule has 0 saturated heterocycles. The van der Waals surface area contributed by atoms with E-state index in [0.717, 1.165) is 0 Å². The van der Waals surface area contributed by atoms with Crippen molar-refractivity contribution < 1.29 is 8.42 Å². The lowest BCUT2D eigenvalue weighted by atomic mass is 9.97. The molecule has 1 aliphatic carbocycles. The maximum absolute atomic E-state index is 11.0. The average Bonchev–Trinajstić information content (AvgIpc) is 2.26. The highest BCUT2D eigenvalue weighted by atomic mass is 32.2. The third-order valence-electron chi connectivity index (χ3n) is 3.11. The molecule has 3 nitrogen and oxygen atoms in total. The minimum atomic E-state index is -3.00. The molecule has 1 rings (SSSR count). The van der Waals surface area contributed by atoms with E-state index in [1.165, 1.54) is 57.6 Å². The zero-order valence-corrected chi connectivity index (χ0v) is 10.5. The summed E-state index contributed by atoms with van der Waals surface area (Å²) in [5.41, 5.74) is 0. The van der Waals surface area contributed by atoms with Gasteiger partial charge in [0.05, 0.1) is 6.26 Å². The fourth-order valence-electron chi connectivity index (χ4n) is 2.19. The number of rotatable bonds is 3. The second-order valence-corrected chi connectivity index (χ2v) is 6.52. The van der Waals surface area contributed by atoms with Gasteiger partial charge in [0.25, 0.3) is 0 Å². The van der Waals surface area contributed by atoms with Crippen molar-refractivity contribution in [2.24, 2.45) is 5.92 Å². The Balaban J connectivity index is 2.30. The lowest BCUT2D eigenvalue weighted by molar-refractivity contribution is 0.422. The molecule has 0 spiro atoms. The molecule has 1 fully saturated rings. The Labute approximate surface area is 93.7 Å². The van der Waals surface area contributed by atoms with Crippen molar-refractivity contribution in [1.82, 2.24) is 4.72 Å². The van der Waals surface area contributed by atoms with E-state index in [4.69, 9.17) is 0 Å². The summed E-state index contributed by atoms with van der Waals surface area (Å²) in [6.45, 7) is 0.638. The van der Waals surface area contributed by atoms with Gasteiger partial charge in [0.15, 0.2) is 0 Å². The molecule has 0 atom stereocenters. The number of nitrogens with one attached hydrogen (secondary N) is 1. The Morgan fingerprint density at radius 1 is 1.00 bits per heavy atom. The van der Waals surface area contributed by atoms with E-state index in [2.05, 4.69) is 4.72 Å². The SMILES string of the molecule is CS(=O)(=O)NCC1CCCCCCCC1. The zero-order chi connectivity index (χ0) is 11.1. The van der Waals surface area contributed by atoms with Crippen LogP contribution in [0, 0.1) is 5.92 Å². The molecule has 0 unspecified atom stereocenters. The predicted molar refractivity (Wildman–Crippen MR) is 63.3 cm³/mol. The topological polar surface area (TPSA) is 46.2 Å². The summed E-state index contributed by atoms with van der Waals surface area (Å²) in [7, 11) is -3.00. The van der Waals surface area contributed by atoms with Gasteiger partial charge in [-0.3, -0.25) is 0 Å². The van der Waals surface area contributed by atoms with E-state index < -0.39 is 10.0 Å². The average molecular weight is 233 g/mol. The maximum atomic E-state index is 11.0. The highest BCUT2D eigenvalue weighted by Gasteiger charge is 2.12. The van der Waals surface area contributed by atoms with Crippen LogP contribution in [0.3, 0.4) is 0 Å². The van der Waals surface area contributed by atoms with Crippen molar-refractivity contribution in [3.05, 3.63) is 0 Å². The van der Waals surface area contributed by atoms with Crippen molar-refractivity contribution in [1.29, 1.82) is 0 Å². The van der Waals surface area contributed by atoms with Gasteiger partial charge in [-0.25, -0.2) is 13.1 Å². The van der Waals surface area contributed by atoms with Crippen LogP contribution in [0.4, 0.5) is 0 Å². The van der Waals surface area contributed by atoms with Crippen LogP contribution in [0.1, 0.15) is 51.4 Å². The van der Waals surface area contributed by atoms with Crippen LogP contribution in [0.2, 0.25) is 0 Å².